The van der Waals surface area contributed by atoms with Gasteiger partial charge in [-0.3, -0.25) is 10.2 Å². The van der Waals surface area contributed by atoms with Crippen molar-refractivity contribution in [2.75, 3.05) is 5.75 Å². The van der Waals surface area contributed by atoms with E-state index in [2.05, 4.69) is 29.2 Å². The van der Waals surface area contributed by atoms with Crippen LogP contribution in [0.2, 0.25) is 5.02 Å². The summed E-state index contributed by atoms with van der Waals surface area (Å²) in [6.45, 7) is 2.13. The van der Waals surface area contributed by atoms with E-state index < -0.39 is 0 Å². The smallest absolute Gasteiger partial charge is 0.231 e. The number of hydrogen-bond donors (Lipinski definition) is 3. The minimum atomic E-state index is -0.0264. The first kappa shape index (κ1) is 13.2. The summed E-state index contributed by atoms with van der Waals surface area (Å²) in [5.41, 5.74) is 7.56. The Labute approximate surface area is 121 Å². The van der Waals surface area contributed by atoms with Gasteiger partial charge in [0.15, 0.2) is 0 Å². The largest absolute Gasteiger partial charge is 0.338 e. The van der Waals surface area contributed by atoms with E-state index in [-0.39, 0.29) is 17.3 Å². The molecule has 1 amide bonds. The molecule has 0 saturated carbocycles. The average molecular weight is 298 g/mol. The van der Waals surface area contributed by atoms with Crippen molar-refractivity contribution in [1.82, 2.24) is 16.2 Å². The van der Waals surface area contributed by atoms with Crippen molar-refractivity contribution in [3.05, 3.63) is 34.9 Å². The van der Waals surface area contributed by atoms with Gasteiger partial charge in [-0.15, -0.1) is 11.8 Å². The summed E-state index contributed by atoms with van der Waals surface area (Å²) < 4.78 is 0. The van der Waals surface area contributed by atoms with E-state index in [0.717, 1.165) is 5.02 Å². The van der Waals surface area contributed by atoms with Gasteiger partial charge in [0, 0.05) is 22.2 Å². The molecule has 1 aromatic rings. The summed E-state index contributed by atoms with van der Waals surface area (Å²) in [7, 11) is 0. The molecule has 6 heteroatoms. The second-order valence-corrected chi connectivity index (χ2v) is 6.55. The molecule has 2 aliphatic heterocycles. The molecular formula is C13H16ClN3OS. The fourth-order valence-electron chi connectivity index (χ4n) is 2.77. The highest BCUT2D eigenvalue weighted by Crippen LogP contribution is 2.42. The molecule has 0 spiro atoms. The summed E-state index contributed by atoms with van der Waals surface area (Å²) in [5.74, 6) is 0.862. The highest BCUT2D eigenvalue weighted by atomic mass is 35.5. The second kappa shape index (κ2) is 5.32. The van der Waals surface area contributed by atoms with Gasteiger partial charge in [-0.2, -0.15) is 0 Å². The lowest BCUT2D eigenvalue weighted by Crippen LogP contribution is -2.46. The van der Waals surface area contributed by atoms with E-state index in [0.29, 0.717) is 17.7 Å². The first-order valence-corrected chi connectivity index (χ1v) is 7.75. The van der Waals surface area contributed by atoms with Crippen molar-refractivity contribution in [3.63, 3.8) is 0 Å². The second-order valence-electron chi connectivity index (χ2n) is 4.99. The van der Waals surface area contributed by atoms with Crippen molar-refractivity contribution in [2.45, 2.75) is 24.4 Å². The highest BCUT2D eigenvalue weighted by molar-refractivity contribution is 8.00. The standard InChI is InChI=1S/C13H16ClN3OS/c1-7-11-12(8-3-2-4-9(14)5-8)19-6-10(18)15-13(11)17-16-7/h2-5,7,11-13,16-17H,6H2,1H3,(H,15,18). The van der Waals surface area contributed by atoms with Crippen LogP contribution in [0.1, 0.15) is 17.7 Å². The zero-order valence-electron chi connectivity index (χ0n) is 10.5. The molecule has 0 radical (unpaired) electrons. The Morgan fingerprint density at radius 3 is 3.00 bits per heavy atom. The van der Waals surface area contributed by atoms with Crippen molar-refractivity contribution in [1.29, 1.82) is 0 Å². The monoisotopic (exact) mass is 297 g/mol. The van der Waals surface area contributed by atoms with E-state index in [4.69, 9.17) is 11.6 Å². The highest BCUT2D eigenvalue weighted by Gasteiger charge is 2.42. The Balaban J connectivity index is 1.95. The molecule has 4 atom stereocenters. The number of rotatable bonds is 1. The fraction of sp³-hybridized carbons (Fsp3) is 0.462. The predicted octanol–water partition coefficient (Wildman–Crippen LogP) is 1.68. The first-order valence-electron chi connectivity index (χ1n) is 6.32. The Kier molecular flexibility index (Phi) is 3.71. The number of nitrogens with one attached hydrogen (secondary N) is 3. The summed E-state index contributed by atoms with van der Waals surface area (Å²) >= 11 is 7.77. The Bertz CT molecular complexity index is 499. The van der Waals surface area contributed by atoms with Crippen LogP contribution < -0.4 is 16.2 Å². The van der Waals surface area contributed by atoms with Crippen molar-refractivity contribution in [3.8, 4) is 0 Å². The van der Waals surface area contributed by atoms with E-state index in [1.54, 1.807) is 11.8 Å². The molecule has 4 nitrogen and oxygen atoms in total. The zero-order chi connectivity index (χ0) is 13.4. The number of carbonyl (C=O) groups is 1. The summed E-state index contributed by atoms with van der Waals surface area (Å²) in [5, 5.41) is 4.01. The van der Waals surface area contributed by atoms with Crippen LogP contribution in [0.25, 0.3) is 0 Å². The van der Waals surface area contributed by atoms with Crippen molar-refractivity contribution < 1.29 is 4.79 Å². The summed E-state index contributed by atoms with van der Waals surface area (Å²) in [4.78, 5) is 11.8. The molecule has 3 N–H and O–H groups in total. The average Bonchev–Trinajstić information content (AvgIpc) is 2.64. The third-order valence-electron chi connectivity index (χ3n) is 3.67. The Hall–Kier alpha value is -0.750. The van der Waals surface area contributed by atoms with Gasteiger partial charge in [0.25, 0.3) is 0 Å². The molecule has 4 unspecified atom stereocenters. The summed E-state index contributed by atoms with van der Waals surface area (Å²) in [6.07, 6.45) is -0.0264. The number of carbonyl (C=O) groups excluding carboxylic acids is 1. The van der Waals surface area contributed by atoms with Crippen LogP contribution >= 0.6 is 23.4 Å². The van der Waals surface area contributed by atoms with Crippen LogP contribution in [0.3, 0.4) is 0 Å². The molecule has 19 heavy (non-hydrogen) atoms. The quantitative estimate of drug-likeness (QED) is 0.738. The SMILES string of the molecule is CC1NNC2NC(=O)CSC(c3cccc(Cl)c3)C12. The van der Waals surface area contributed by atoms with Gasteiger partial charge in [0.1, 0.15) is 0 Å². The van der Waals surface area contributed by atoms with Crippen LogP contribution in [0, 0.1) is 5.92 Å². The number of hydrazine groups is 1. The minimum absolute atomic E-state index is 0.0264. The van der Waals surface area contributed by atoms with Gasteiger partial charge in [0.05, 0.1) is 11.9 Å². The lowest BCUT2D eigenvalue weighted by molar-refractivity contribution is -0.119. The van der Waals surface area contributed by atoms with Gasteiger partial charge in [-0.25, -0.2) is 5.43 Å². The number of benzene rings is 1. The van der Waals surface area contributed by atoms with E-state index in [1.165, 1.54) is 5.56 Å². The molecule has 0 aromatic heterocycles. The number of halogens is 1. The molecule has 2 fully saturated rings. The van der Waals surface area contributed by atoms with Crippen LogP contribution in [-0.4, -0.2) is 23.9 Å². The van der Waals surface area contributed by atoms with Crippen molar-refractivity contribution in [2.24, 2.45) is 5.92 Å². The third kappa shape index (κ3) is 2.60. The van der Waals surface area contributed by atoms with E-state index in [9.17, 15) is 4.79 Å². The molecule has 0 aliphatic carbocycles. The third-order valence-corrected chi connectivity index (χ3v) is 5.28. The number of thioether (sulfide) groups is 1. The normalized spacial score (nSPS) is 34.5. The topological polar surface area (TPSA) is 53.2 Å². The maximum Gasteiger partial charge on any atom is 0.231 e. The zero-order valence-corrected chi connectivity index (χ0v) is 12.1. The van der Waals surface area contributed by atoms with Crippen LogP contribution in [0.5, 0.6) is 0 Å². The van der Waals surface area contributed by atoms with Gasteiger partial charge in [-0.05, 0) is 24.6 Å². The molecule has 1 aromatic carbocycles. The lowest BCUT2D eigenvalue weighted by atomic mass is 9.91. The maximum absolute atomic E-state index is 11.8. The van der Waals surface area contributed by atoms with E-state index >= 15 is 0 Å². The predicted molar refractivity (Wildman–Crippen MR) is 77.8 cm³/mol. The van der Waals surface area contributed by atoms with Gasteiger partial charge >= 0.3 is 0 Å². The van der Waals surface area contributed by atoms with Gasteiger partial charge in [-0.1, -0.05) is 23.7 Å². The van der Waals surface area contributed by atoms with Gasteiger partial charge < -0.3 is 5.32 Å². The molecule has 2 heterocycles. The number of amides is 1. The first-order chi connectivity index (χ1) is 9.15. The van der Waals surface area contributed by atoms with Crippen LogP contribution in [-0.2, 0) is 4.79 Å². The molecule has 3 rings (SSSR count). The lowest BCUT2D eigenvalue weighted by Gasteiger charge is -2.27. The molecule has 2 saturated heterocycles. The maximum atomic E-state index is 11.8. The number of fused-ring (bicyclic) bond motifs is 1. The Morgan fingerprint density at radius 1 is 1.37 bits per heavy atom. The van der Waals surface area contributed by atoms with Gasteiger partial charge in [0.2, 0.25) is 5.91 Å². The summed E-state index contributed by atoms with van der Waals surface area (Å²) in [6, 6.07) is 8.22. The van der Waals surface area contributed by atoms with Crippen molar-refractivity contribution >= 4 is 29.3 Å². The minimum Gasteiger partial charge on any atom is -0.338 e. The fourth-order valence-corrected chi connectivity index (χ4v) is 4.33. The molecular weight excluding hydrogens is 282 g/mol. The molecule has 2 aliphatic rings. The van der Waals surface area contributed by atoms with Crippen LogP contribution in [0.15, 0.2) is 24.3 Å². The Morgan fingerprint density at radius 2 is 2.21 bits per heavy atom. The number of hydrogen-bond acceptors (Lipinski definition) is 4. The van der Waals surface area contributed by atoms with Crippen LogP contribution in [0.4, 0.5) is 0 Å². The molecule has 102 valence electrons. The van der Waals surface area contributed by atoms with E-state index in [1.807, 2.05) is 18.2 Å². The molecule has 0 bridgehead atoms.